The highest BCUT2D eigenvalue weighted by molar-refractivity contribution is 6.30. The minimum absolute atomic E-state index is 0.671. The standard InChI is InChI=1S/C11H18ClN3O/c1-16-7-6-13-4-5-14-9-11-3-2-10(12)8-15-11/h2-3,8,13-14H,4-7,9H2,1H3. The zero-order valence-electron chi connectivity index (χ0n) is 9.50. The molecule has 2 N–H and O–H groups in total. The van der Waals surface area contributed by atoms with Gasteiger partial charge in [0.25, 0.3) is 0 Å². The number of hydrogen-bond donors (Lipinski definition) is 2. The van der Waals surface area contributed by atoms with Gasteiger partial charge in [0.15, 0.2) is 0 Å². The van der Waals surface area contributed by atoms with Gasteiger partial charge < -0.3 is 15.4 Å². The Hall–Kier alpha value is -0.680. The fourth-order valence-electron chi connectivity index (χ4n) is 1.20. The van der Waals surface area contributed by atoms with Gasteiger partial charge in [-0.3, -0.25) is 4.98 Å². The molecular formula is C11H18ClN3O. The summed E-state index contributed by atoms with van der Waals surface area (Å²) in [5.74, 6) is 0. The third-order valence-corrected chi connectivity index (χ3v) is 2.28. The largest absolute Gasteiger partial charge is 0.383 e. The molecule has 1 aromatic rings. The molecule has 0 aliphatic carbocycles. The van der Waals surface area contributed by atoms with Crippen LogP contribution in [-0.2, 0) is 11.3 Å². The lowest BCUT2D eigenvalue weighted by Crippen LogP contribution is -2.29. The molecule has 1 aromatic heterocycles. The molecule has 0 atom stereocenters. The number of methoxy groups -OCH3 is 1. The second-order valence-corrected chi connectivity index (χ2v) is 3.82. The summed E-state index contributed by atoms with van der Waals surface area (Å²) in [6.45, 7) is 4.24. The molecular weight excluding hydrogens is 226 g/mol. The fraction of sp³-hybridized carbons (Fsp3) is 0.545. The number of pyridine rings is 1. The van der Waals surface area contributed by atoms with E-state index in [2.05, 4.69) is 15.6 Å². The van der Waals surface area contributed by atoms with Crippen LogP contribution in [0.2, 0.25) is 5.02 Å². The second kappa shape index (κ2) is 8.47. The lowest BCUT2D eigenvalue weighted by atomic mass is 10.3. The molecule has 0 aliphatic heterocycles. The van der Waals surface area contributed by atoms with Crippen molar-refractivity contribution in [3.63, 3.8) is 0 Å². The highest BCUT2D eigenvalue weighted by Gasteiger charge is 1.94. The van der Waals surface area contributed by atoms with Gasteiger partial charge >= 0.3 is 0 Å². The van der Waals surface area contributed by atoms with Crippen molar-refractivity contribution in [3.8, 4) is 0 Å². The minimum Gasteiger partial charge on any atom is -0.383 e. The van der Waals surface area contributed by atoms with Crippen molar-refractivity contribution in [2.24, 2.45) is 0 Å². The monoisotopic (exact) mass is 243 g/mol. The molecule has 0 radical (unpaired) electrons. The van der Waals surface area contributed by atoms with Crippen molar-refractivity contribution >= 4 is 11.6 Å². The summed E-state index contributed by atoms with van der Waals surface area (Å²) in [5, 5.41) is 7.21. The summed E-state index contributed by atoms with van der Waals surface area (Å²) >= 11 is 5.74. The number of ether oxygens (including phenoxy) is 1. The van der Waals surface area contributed by atoms with Gasteiger partial charge in [0.05, 0.1) is 17.3 Å². The Labute approximate surface area is 101 Å². The Kier molecular flexibility index (Phi) is 7.09. The van der Waals surface area contributed by atoms with E-state index in [9.17, 15) is 0 Å². The Morgan fingerprint density at radius 1 is 1.25 bits per heavy atom. The Morgan fingerprint density at radius 3 is 2.75 bits per heavy atom. The third kappa shape index (κ3) is 6.02. The van der Waals surface area contributed by atoms with Crippen LogP contribution < -0.4 is 10.6 Å². The van der Waals surface area contributed by atoms with E-state index >= 15 is 0 Å². The summed E-state index contributed by atoms with van der Waals surface area (Å²) in [5.41, 5.74) is 1.00. The molecule has 0 fully saturated rings. The molecule has 0 saturated carbocycles. The van der Waals surface area contributed by atoms with E-state index in [4.69, 9.17) is 16.3 Å². The average molecular weight is 244 g/mol. The van der Waals surface area contributed by atoms with E-state index in [1.165, 1.54) is 0 Å². The zero-order valence-corrected chi connectivity index (χ0v) is 10.3. The lowest BCUT2D eigenvalue weighted by Gasteiger charge is -2.05. The highest BCUT2D eigenvalue weighted by Crippen LogP contribution is 2.05. The van der Waals surface area contributed by atoms with Gasteiger partial charge in [-0.2, -0.15) is 0 Å². The molecule has 0 aliphatic rings. The number of rotatable bonds is 8. The van der Waals surface area contributed by atoms with E-state index in [-0.39, 0.29) is 0 Å². The molecule has 0 saturated heterocycles. The van der Waals surface area contributed by atoms with Crippen LogP contribution in [0.5, 0.6) is 0 Å². The van der Waals surface area contributed by atoms with E-state index < -0.39 is 0 Å². The molecule has 0 bridgehead atoms. The number of hydrogen-bond acceptors (Lipinski definition) is 4. The number of aromatic nitrogens is 1. The number of halogens is 1. The van der Waals surface area contributed by atoms with Crippen LogP contribution in [0.3, 0.4) is 0 Å². The van der Waals surface area contributed by atoms with Gasteiger partial charge in [-0.25, -0.2) is 0 Å². The third-order valence-electron chi connectivity index (χ3n) is 2.06. The van der Waals surface area contributed by atoms with Crippen LogP contribution in [0, 0.1) is 0 Å². The maximum absolute atomic E-state index is 5.74. The van der Waals surface area contributed by atoms with Crippen molar-refractivity contribution in [1.29, 1.82) is 0 Å². The maximum Gasteiger partial charge on any atom is 0.0589 e. The molecule has 90 valence electrons. The topological polar surface area (TPSA) is 46.2 Å². The summed E-state index contributed by atoms with van der Waals surface area (Å²) in [6, 6.07) is 3.77. The van der Waals surface area contributed by atoms with Gasteiger partial charge in [0, 0.05) is 39.5 Å². The van der Waals surface area contributed by atoms with Crippen LogP contribution in [-0.4, -0.2) is 38.3 Å². The van der Waals surface area contributed by atoms with Gasteiger partial charge in [0.2, 0.25) is 0 Å². The Bertz CT molecular complexity index is 279. The first-order valence-corrected chi connectivity index (χ1v) is 5.71. The van der Waals surface area contributed by atoms with E-state index in [1.54, 1.807) is 13.3 Å². The van der Waals surface area contributed by atoms with Crippen molar-refractivity contribution < 1.29 is 4.74 Å². The van der Waals surface area contributed by atoms with E-state index in [1.807, 2.05) is 12.1 Å². The maximum atomic E-state index is 5.74. The summed E-state index contributed by atoms with van der Waals surface area (Å²) in [4.78, 5) is 4.19. The molecule has 16 heavy (non-hydrogen) atoms. The smallest absolute Gasteiger partial charge is 0.0589 e. The molecule has 0 amide bonds. The van der Waals surface area contributed by atoms with Crippen LogP contribution in [0.4, 0.5) is 0 Å². The van der Waals surface area contributed by atoms with Gasteiger partial charge in [-0.05, 0) is 12.1 Å². The van der Waals surface area contributed by atoms with Crippen LogP contribution in [0.1, 0.15) is 5.69 Å². The highest BCUT2D eigenvalue weighted by atomic mass is 35.5. The number of nitrogens with zero attached hydrogens (tertiary/aromatic N) is 1. The molecule has 5 heteroatoms. The first kappa shape index (κ1) is 13.4. The predicted octanol–water partition coefficient (Wildman–Crippen LogP) is 1.06. The van der Waals surface area contributed by atoms with Crippen LogP contribution in [0.25, 0.3) is 0 Å². The van der Waals surface area contributed by atoms with E-state index in [0.29, 0.717) is 5.02 Å². The van der Waals surface area contributed by atoms with Gasteiger partial charge in [-0.15, -0.1) is 0 Å². The van der Waals surface area contributed by atoms with Crippen LogP contribution >= 0.6 is 11.6 Å². The molecule has 0 spiro atoms. The normalized spacial score (nSPS) is 10.6. The van der Waals surface area contributed by atoms with Crippen molar-refractivity contribution in [2.75, 3.05) is 33.4 Å². The second-order valence-electron chi connectivity index (χ2n) is 3.39. The van der Waals surface area contributed by atoms with E-state index in [0.717, 1.165) is 38.5 Å². The molecule has 4 nitrogen and oxygen atoms in total. The van der Waals surface area contributed by atoms with Crippen molar-refractivity contribution in [2.45, 2.75) is 6.54 Å². The summed E-state index contributed by atoms with van der Waals surface area (Å²) in [6.07, 6.45) is 1.66. The average Bonchev–Trinajstić information content (AvgIpc) is 2.30. The predicted molar refractivity (Wildman–Crippen MR) is 65.7 cm³/mol. The van der Waals surface area contributed by atoms with Crippen molar-refractivity contribution in [1.82, 2.24) is 15.6 Å². The SMILES string of the molecule is COCCNCCNCc1ccc(Cl)cn1. The first-order valence-electron chi connectivity index (χ1n) is 5.33. The fourth-order valence-corrected chi connectivity index (χ4v) is 1.32. The quantitative estimate of drug-likeness (QED) is 0.671. The van der Waals surface area contributed by atoms with Crippen molar-refractivity contribution in [3.05, 3.63) is 29.0 Å². The minimum atomic E-state index is 0.671. The Morgan fingerprint density at radius 2 is 2.06 bits per heavy atom. The lowest BCUT2D eigenvalue weighted by molar-refractivity contribution is 0.199. The molecule has 0 aromatic carbocycles. The van der Waals surface area contributed by atoms with Gasteiger partial charge in [0.1, 0.15) is 0 Å². The first-order chi connectivity index (χ1) is 7.83. The molecule has 0 unspecified atom stereocenters. The Balaban J connectivity index is 2.01. The van der Waals surface area contributed by atoms with Gasteiger partial charge in [-0.1, -0.05) is 11.6 Å². The number of nitrogens with one attached hydrogen (secondary N) is 2. The summed E-state index contributed by atoms with van der Waals surface area (Å²) < 4.78 is 4.92. The summed E-state index contributed by atoms with van der Waals surface area (Å²) in [7, 11) is 1.70. The van der Waals surface area contributed by atoms with Crippen LogP contribution in [0.15, 0.2) is 18.3 Å². The molecule has 1 rings (SSSR count). The zero-order chi connectivity index (χ0) is 11.6. The molecule has 1 heterocycles.